The first kappa shape index (κ1) is 16.7. The number of para-hydroxylation sites is 2. The summed E-state index contributed by atoms with van der Waals surface area (Å²) in [6.45, 7) is 3.67. The van der Waals surface area contributed by atoms with Gasteiger partial charge in [0.05, 0.1) is 24.1 Å². The second-order valence-electron chi connectivity index (χ2n) is 7.05. The van der Waals surface area contributed by atoms with Crippen LogP contribution in [0.25, 0.3) is 16.9 Å². The number of rotatable bonds is 4. The fourth-order valence-electron chi connectivity index (χ4n) is 3.72. The smallest absolute Gasteiger partial charge is 0.232 e. The molecule has 8 nitrogen and oxygen atoms in total. The molecular weight excluding hydrogens is 354 g/mol. The third-order valence-corrected chi connectivity index (χ3v) is 5.21. The zero-order valence-corrected chi connectivity index (χ0v) is 16.1. The van der Waals surface area contributed by atoms with Crippen molar-refractivity contribution in [3.63, 3.8) is 0 Å². The van der Waals surface area contributed by atoms with Crippen LogP contribution in [0.3, 0.4) is 0 Å². The highest BCUT2D eigenvalue weighted by Crippen LogP contribution is 2.32. The van der Waals surface area contributed by atoms with Gasteiger partial charge in [-0.2, -0.15) is 0 Å². The molecule has 0 amide bonds. The summed E-state index contributed by atoms with van der Waals surface area (Å²) in [4.78, 5) is 16.2. The molecule has 0 radical (unpaired) electrons. The molecule has 8 heteroatoms. The molecule has 142 valence electrons. The second kappa shape index (κ2) is 6.33. The van der Waals surface area contributed by atoms with Crippen LogP contribution < -0.4 is 9.64 Å². The summed E-state index contributed by atoms with van der Waals surface area (Å²) in [5.74, 6) is 4.43. The highest BCUT2D eigenvalue weighted by molar-refractivity contribution is 5.76. The van der Waals surface area contributed by atoms with Gasteiger partial charge in [0.2, 0.25) is 5.88 Å². The molecule has 4 heterocycles. The van der Waals surface area contributed by atoms with Gasteiger partial charge in [0.25, 0.3) is 0 Å². The quantitative estimate of drug-likeness (QED) is 0.546. The van der Waals surface area contributed by atoms with Crippen molar-refractivity contribution in [3.8, 4) is 11.7 Å². The number of methoxy groups -OCH3 is 1. The third kappa shape index (κ3) is 2.69. The molecule has 0 spiro atoms. The summed E-state index contributed by atoms with van der Waals surface area (Å²) in [7, 11) is 3.69. The second-order valence-corrected chi connectivity index (χ2v) is 7.05. The van der Waals surface area contributed by atoms with Crippen LogP contribution in [0.2, 0.25) is 0 Å². The molecule has 0 unspecified atom stereocenters. The van der Waals surface area contributed by atoms with Gasteiger partial charge in [0.15, 0.2) is 5.82 Å². The molecule has 5 rings (SSSR count). The van der Waals surface area contributed by atoms with Crippen molar-refractivity contribution >= 4 is 16.9 Å². The molecule has 1 aromatic carbocycles. The van der Waals surface area contributed by atoms with Crippen LogP contribution in [-0.2, 0) is 7.05 Å². The average molecular weight is 375 g/mol. The number of aromatic nitrogens is 6. The number of nitrogens with zero attached hydrogens (tertiary/aromatic N) is 7. The Bertz CT molecular complexity index is 1160. The van der Waals surface area contributed by atoms with E-state index in [9.17, 15) is 0 Å². The molecule has 0 atom stereocenters. The van der Waals surface area contributed by atoms with E-state index in [4.69, 9.17) is 9.72 Å². The summed E-state index contributed by atoms with van der Waals surface area (Å²) < 4.78 is 9.07. The van der Waals surface area contributed by atoms with Crippen molar-refractivity contribution in [2.45, 2.75) is 12.8 Å². The maximum Gasteiger partial charge on any atom is 0.232 e. The van der Waals surface area contributed by atoms with Crippen LogP contribution in [0.5, 0.6) is 5.88 Å². The minimum atomic E-state index is 0.390. The van der Waals surface area contributed by atoms with Gasteiger partial charge in [-0.1, -0.05) is 12.1 Å². The van der Waals surface area contributed by atoms with E-state index < -0.39 is 0 Å². The topological polar surface area (TPSA) is 73.9 Å². The Balaban J connectivity index is 1.39. The van der Waals surface area contributed by atoms with Gasteiger partial charge >= 0.3 is 0 Å². The lowest BCUT2D eigenvalue weighted by molar-refractivity contribution is 0.394. The van der Waals surface area contributed by atoms with E-state index in [2.05, 4.69) is 49.8 Å². The van der Waals surface area contributed by atoms with Crippen LogP contribution in [0.1, 0.15) is 17.6 Å². The van der Waals surface area contributed by atoms with Gasteiger partial charge in [0, 0.05) is 38.5 Å². The van der Waals surface area contributed by atoms with Crippen molar-refractivity contribution in [1.29, 1.82) is 0 Å². The lowest BCUT2D eigenvalue weighted by atomic mass is 9.99. The highest BCUT2D eigenvalue weighted by atomic mass is 16.5. The molecule has 1 fully saturated rings. The zero-order chi connectivity index (χ0) is 19.3. The summed E-state index contributed by atoms with van der Waals surface area (Å²) in [5.41, 5.74) is 2.22. The predicted molar refractivity (Wildman–Crippen MR) is 106 cm³/mol. The van der Waals surface area contributed by atoms with E-state index >= 15 is 0 Å². The van der Waals surface area contributed by atoms with Crippen LogP contribution in [0.15, 0.2) is 42.6 Å². The first-order valence-electron chi connectivity index (χ1n) is 9.24. The van der Waals surface area contributed by atoms with Crippen LogP contribution in [0.4, 0.5) is 5.82 Å². The van der Waals surface area contributed by atoms with Gasteiger partial charge in [-0.3, -0.25) is 0 Å². The monoisotopic (exact) mass is 375 g/mol. The fourth-order valence-corrected chi connectivity index (χ4v) is 3.72. The number of imidazole rings is 1. The van der Waals surface area contributed by atoms with E-state index in [0.717, 1.165) is 36.1 Å². The predicted octanol–water partition coefficient (Wildman–Crippen LogP) is 2.47. The molecule has 0 bridgehead atoms. The highest BCUT2D eigenvalue weighted by Gasteiger charge is 2.33. The van der Waals surface area contributed by atoms with Crippen LogP contribution in [-0.4, -0.2) is 49.5 Å². The van der Waals surface area contributed by atoms with E-state index in [1.165, 1.54) is 5.52 Å². The van der Waals surface area contributed by atoms with Crippen molar-refractivity contribution in [1.82, 2.24) is 29.3 Å². The first-order chi connectivity index (χ1) is 13.6. The van der Waals surface area contributed by atoms with Gasteiger partial charge in [-0.05, 0) is 19.1 Å². The van der Waals surface area contributed by atoms with Crippen LogP contribution in [0, 0.1) is 6.92 Å². The lowest BCUT2D eigenvalue weighted by Crippen LogP contribution is -2.46. The molecule has 1 saturated heterocycles. The number of aryl methyl sites for hydroxylation is 2. The minimum absolute atomic E-state index is 0.390. The Morgan fingerprint density at radius 2 is 1.82 bits per heavy atom. The first-order valence-corrected chi connectivity index (χ1v) is 9.24. The van der Waals surface area contributed by atoms with E-state index in [-0.39, 0.29) is 0 Å². The summed E-state index contributed by atoms with van der Waals surface area (Å²) in [6.07, 6.45) is 1.84. The van der Waals surface area contributed by atoms with E-state index in [0.29, 0.717) is 17.6 Å². The number of benzene rings is 1. The molecule has 0 N–H and O–H groups in total. The minimum Gasteiger partial charge on any atom is -0.480 e. The Kier molecular flexibility index (Phi) is 3.78. The number of anilines is 1. The maximum absolute atomic E-state index is 5.16. The van der Waals surface area contributed by atoms with Gasteiger partial charge < -0.3 is 14.2 Å². The number of hydrogen-bond acceptors (Lipinski definition) is 6. The molecule has 1 aliphatic rings. The molecule has 0 aliphatic carbocycles. The van der Waals surface area contributed by atoms with Crippen LogP contribution >= 0.6 is 0 Å². The maximum atomic E-state index is 5.16. The zero-order valence-electron chi connectivity index (χ0n) is 16.1. The Hall–Kier alpha value is -3.42. The number of hydrogen-bond donors (Lipinski definition) is 0. The number of fused-ring (bicyclic) bond motifs is 1. The Morgan fingerprint density at radius 1 is 1.04 bits per heavy atom. The Morgan fingerprint density at radius 3 is 2.57 bits per heavy atom. The largest absolute Gasteiger partial charge is 0.480 e. The summed E-state index contributed by atoms with van der Waals surface area (Å²) in [6, 6.07) is 12.0. The van der Waals surface area contributed by atoms with Crippen molar-refractivity contribution in [2.75, 3.05) is 25.1 Å². The lowest BCUT2D eigenvalue weighted by Gasteiger charge is -2.39. The number of ether oxygens (including phenoxy) is 1. The SMILES string of the molecule is COc1ccn(-c2cc(N3CC(c4nc5ccccc5n4C)C3)nc(C)n2)n1. The Labute approximate surface area is 162 Å². The molecule has 4 aromatic rings. The molecule has 3 aromatic heterocycles. The standard InChI is InChI=1S/C20H21N7O/c1-13-21-17(10-18(22-13)27-9-8-19(24-27)28-3)26-11-14(12-26)20-23-15-6-4-5-7-16(15)25(20)2/h4-10,14H,11-12H2,1-3H3. The van der Waals surface area contributed by atoms with Crippen molar-refractivity contribution in [3.05, 3.63) is 54.2 Å². The molecule has 1 aliphatic heterocycles. The summed E-state index contributed by atoms with van der Waals surface area (Å²) >= 11 is 0. The van der Waals surface area contributed by atoms with Gasteiger partial charge in [0.1, 0.15) is 17.5 Å². The van der Waals surface area contributed by atoms with E-state index in [1.807, 2.05) is 31.3 Å². The summed E-state index contributed by atoms with van der Waals surface area (Å²) in [5, 5.41) is 4.36. The van der Waals surface area contributed by atoms with E-state index in [1.54, 1.807) is 11.8 Å². The third-order valence-electron chi connectivity index (χ3n) is 5.21. The molecule has 0 saturated carbocycles. The van der Waals surface area contributed by atoms with Crippen molar-refractivity contribution < 1.29 is 4.74 Å². The fraction of sp³-hybridized carbons (Fsp3) is 0.300. The van der Waals surface area contributed by atoms with Crippen molar-refractivity contribution in [2.24, 2.45) is 7.05 Å². The molecule has 28 heavy (non-hydrogen) atoms. The molecular formula is C20H21N7O. The van der Waals surface area contributed by atoms with Gasteiger partial charge in [-0.25, -0.2) is 19.6 Å². The average Bonchev–Trinajstić information content (AvgIpc) is 3.26. The normalized spacial score (nSPS) is 14.5. The van der Waals surface area contributed by atoms with Gasteiger partial charge in [-0.15, -0.1) is 5.10 Å².